The molecule has 0 atom stereocenters. The lowest BCUT2D eigenvalue weighted by atomic mass is 9.81. The van der Waals surface area contributed by atoms with E-state index in [9.17, 15) is 14.4 Å². The fraction of sp³-hybridized carbons (Fsp3) is 0.435. The van der Waals surface area contributed by atoms with Crippen molar-refractivity contribution >= 4 is 40.8 Å². The van der Waals surface area contributed by atoms with Crippen molar-refractivity contribution < 1.29 is 14.4 Å². The highest BCUT2D eigenvalue weighted by Gasteiger charge is 2.33. The third-order valence-corrected chi connectivity index (χ3v) is 6.34. The van der Waals surface area contributed by atoms with Crippen LogP contribution in [0.25, 0.3) is 0 Å². The van der Waals surface area contributed by atoms with Crippen LogP contribution in [0.1, 0.15) is 49.0 Å². The third-order valence-electron chi connectivity index (χ3n) is 6.11. The number of nitrogens with zero attached hydrogens (tertiary/aromatic N) is 3. The Hall–Kier alpha value is -3.00. The van der Waals surface area contributed by atoms with Gasteiger partial charge in [0.15, 0.2) is 5.69 Å². The maximum Gasteiger partial charge on any atom is 0.277 e. The summed E-state index contributed by atoms with van der Waals surface area (Å²) in [6, 6.07) is 6.52. The van der Waals surface area contributed by atoms with Crippen LogP contribution in [0.2, 0.25) is 5.02 Å². The van der Waals surface area contributed by atoms with E-state index in [0.717, 1.165) is 38.8 Å². The molecule has 2 aromatic heterocycles. The number of hydrogen-bond donors (Lipinski definition) is 2. The van der Waals surface area contributed by atoms with Crippen molar-refractivity contribution in [3.63, 3.8) is 0 Å². The molecule has 9 heteroatoms. The molecule has 2 fully saturated rings. The van der Waals surface area contributed by atoms with Gasteiger partial charge in [0.05, 0.1) is 10.7 Å². The first kappa shape index (κ1) is 22.2. The van der Waals surface area contributed by atoms with Crippen LogP contribution in [0.4, 0.5) is 11.5 Å². The molecule has 2 aromatic rings. The third kappa shape index (κ3) is 5.24. The normalized spacial score (nSPS) is 20.6. The molecule has 0 spiro atoms. The molecule has 3 heterocycles. The van der Waals surface area contributed by atoms with Gasteiger partial charge in [0, 0.05) is 37.3 Å². The molecule has 2 N–H and O–H groups in total. The summed E-state index contributed by atoms with van der Waals surface area (Å²) in [6.45, 7) is 1.72. The van der Waals surface area contributed by atoms with E-state index in [-0.39, 0.29) is 29.3 Å². The highest BCUT2D eigenvalue weighted by atomic mass is 35.5. The maximum absolute atomic E-state index is 12.9. The highest BCUT2D eigenvalue weighted by Crippen LogP contribution is 2.32. The molecule has 8 nitrogen and oxygen atoms in total. The fourth-order valence-corrected chi connectivity index (χ4v) is 4.46. The number of halogens is 1. The molecular weight excluding hydrogens is 430 g/mol. The second kappa shape index (κ2) is 10.1. The second-order valence-electron chi connectivity index (χ2n) is 8.29. The van der Waals surface area contributed by atoms with E-state index in [1.165, 1.54) is 12.4 Å². The number of amides is 3. The predicted octanol–water partition coefficient (Wildman–Crippen LogP) is 3.75. The molecule has 1 saturated carbocycles. The van der Waals surface area contributed by atoms with E-state index in [4.69, 9.17) is 11.6 Å². The second-order valence-corrected chi connectivity index (χ2v) is 8.72. The number of aromatic nitrogens is 2. The van der Waals surface area contributed by atoms with Crippen LogP contribution in [0.5, 0.6) is 0 Å². The van der Waals surface area contributed by atoms with Gasteiger partial charge in [-0.1, -0.05) is 11.6 Å². The maximum atomic E-state index is 12.9. The molecule has 168 valence electrons. The van der Waals surface area contributed by atoms with E-state index in [1.54, 1.807) is 24.3 Å². The lowest BCUT2D eigenvalue weighted by Gasteiger charge is -2.29. The number of nitrogens with one attached hydrogen (secondary N) is 2. The molecule has 2 aliphatic rings. The van der Waals surface area contributed by atoms with Gasteiger partial charge < -0.3 is 15.5 Å². The first-order valence-corrected chi connectivity index (χ1v) is 11.4. The molecule has 0 unspecified atom stereocenters. The van der Waals surface area contributed by atoms with E-state index >= 15 is 0 Å². The zero-order chi connectivity index (χ0) is 22.5. The SMILES string of the molecule is O=C(Nc1ccc(Cl)cn1)c1ncccc1NC(=O)[C@H]1CC[C@H](C(=O)N2CCCC2)CC1. The molecule has 1 saturated heterocycles. The lowest BCUT2D eigenvalue weighted by molar-refractivity contribution is -0.136. The first-order valence-electron chi connectivity index (χ1n) is 11.0. The van der Waals surface area contributed by atoms with Gasteiger partial charge in [0.2, 0.25) is 11.8 Å². The number of anilines is 2. The van der Waals surface area contributed by atoms with Crippen molar-refractivity contribution in [2.45, 2.75) is 38.5 Å². The number of carbonyl (C=O) groups is 3. The number of carbonyl (C=O) groups excluding carboxylic acids is 3. The van der Waals surface area contributed by atoms with Crippen molar-refractivity contribution in [2.24, 2.45) is 11.8 Å². The van der Waals surface area contributed by atoms with Gasteiger partial charge in [-0.15, -0.1) is 0 Å². The molecular formula is C23H26ClN5O3. The summed E-state index contributed by atoms with van der Waals surface area (Å²) in [5.41, 5.74) is 0.453. The zero-order valence-electron chi connectivity index (χ0n) is 17.7. The summed E-state index contributed by atoms with van der Waals surface area (Å²) in [5.74, 6) is -0.221. The summed E-state index contributed by atoms with van der Waals surface area (Å²) >= 11 is 5.82. The topological polar surface area (TPSA) is 104 Å². The molecule has 3 amide bonds. The summed E-state index contributed by atoms with van der Waals surface area (Å²) < 4.78 is 0. The van der Waals surface area contributed by atoms with Gasteiger partial charge in [-0.3, -0.25) is 14.4 Å². The monoisotopic (exact) mass is 455 g/mol. The van der Waals surface area contributed by atoms with Gasteiger partial charge in [0.1, 0.15) is 5.82 Å². The molecule has 4 rings (SSSR count). The van der Waals surface area contributed by atoms with Crippen molar-refractivity contribution in [2.75, 3.05) is 23.7 Å². The molecule has 1 aliphatic heterocycles. The van der Waals surface area contributed by atoms with Crippen LogP contribution in [0.15, 0.2) is 36.7 Å². The summed E-state index contributed by atoms with van der Waals surface area (Å²) in [7, 11) is 0. The Kier molecular flexibility index (Phi) is 6.99. The average molecular weight is 456 g/mol. The molecule has 0 radical (unpaired) electrons. The summed E-state index contributed by atoms with van der Waals surface area (Å²) in [4.78, 5) is 48.3. The van der Waals surface area contributed by atoms with Crippen molar-refractivity contribution in [3.05, 3.63) is 47.4 Å². The largest absolute Gasteiger partial charge is 0.342 e. The zero-order valence-corrected chi connectivity index (χ0v) is 18.5. The Bertz CT molecular complexity index is 983. The standard InChI is InChI=1S/C23H26ClN5O3/c24-17-9-10-19(26-14-17)28-22(31)20-18(4-3-11-25-20)27-21(30)15-5-7-16(8-6-15)23(32)29-12-1-2-13-29/h3-4,9-11,14-16H,1-2,5-8,12-13H2,(H,27,30)(H,26,28,31)/t15-,16-. The minimum Gasteiger partial charge on any atom is -0.342 e. The van der Waals surface area contributed by atoms with Crippen LogP contribution in [-0.2, 0) is 9.59 Å². The molecule has 0 bridgehead atoms. The van der Waals surface area contributed by atoms with Crippen LogP contribution in [-0.4, -0.2) is 45.7 Å². The minimum atomic E-state index is -0.476. The summed E-state index contributed by atoms with van der Waals surface area (Å²) in [5, 5.41) is 5.98. The van der Waals surface area contributed by atoms with E-state index in [2.05, 4.69) is 20.6 Å². The smallest absolute Gasteiger partial charge is 0.277 e. The molecule has 0 aromatic carbocycles. The van der Waals surface area contributed by atoms with Crippen molar-refractivity contribution in [3.8, 4) is 0 Å². The molecule has 32 heavy (non-hydrogen) atoms. The average Bonchev–Trinajstić information content (AvgIpc) is 3.35. The van der Waals surface area contributed by atoms with E-state index < -0.39 is 5.91 Å². The van der Waals surface area contributed by atoms with Gasteiger partial charge in [-0.05, 0) is 62.8 Å². The minimum absolute atomic E-state index is 0.0174. The molecule has 1 aliphatic carbocycles. The predicted molar refractivity (Wildman–Crippen MR) is 121 cm³/mol. The number of hydrogen-bond acceptors (Lipinski definition) is 5. The Balaban J connectivity index is 1.35. The van der Waals surface area contributed by atoms with Gasteiger partial charge in [-0.2, -0.15) is 0 Å². The number of pyridine rings is 2. The number of likely N-dealkylation sites (tertiary alicyclic amines) is 1. The summed E-state index contributed by atoms with van der Waals surface area (Å²) in [6.07, 6.45) is 7.85. The lowest BCUT2D eigenvalue weighted by Crippen LogP contribution is -2.37. The quantitative estimate of drug-likeness (QED) is 0.714. The van der Waals surface area contributed by atoms with Crippen LogP contribution < -0.4 is 10.6 Å². The van der Waals surface area contributed by atoms with Gasteiger partial charge in [-0.25, -0.2) is 9.97 Å². The van der Waals surface area contributed by atoms with Crippen molar-refractivity contribution in [1.82, 2.24) is 14.9 Å². The Morgan fingerprint density at radius 3 is 2.34 bits per heavy atom. The fourth-order valence-electron chi connectivity index (χ4n) is 4.35. The Labute approximate surface area is 191 Å². The van der Waals surface area contributed by atoms with Crippen LogP contribution in [0.3, 0.4) is 0 Å². The van der Waals surface area contributed by atoms with Crippen LogP contribution in [0, 0.1) is 11.8 Å². The first-order chi connectivity index (χ1) is 15.5. The van der Waals surface area contributed by atoms with Gasteiger partial charge in [0.25, 0.3) is 5.91 Å². The van der Waals surface area contributed by atoms with E-state index in [1.807, 2.05) is 4.90 Å². The Morgan fingerprint density at radius 1 is 0.938 bits per heavy atom. The number of rotatable bonds is 5. The highest BCUT2D eigenvalue weighted by molar-refractivity contribution is 6.30. The van der Waals surface area contributed by atoms with E-state index in [0.29, 0.717) is 29.4 Å². The Morgan fingerprint density at radius 2 is 1.66 bits per heavy atom. The van der Waals surface area contributed by atoms with Gasteiger partial charge >= 0.3 is 0 Å². The van der Waals surface area contributed by atoms with Crippen LogP contribution >= 0.6 is 11.6 Å². The van der Waals surface area contributed by atoms with Crippen molar-refractivity contribution in [1.29, 1.82) is 0 Å².